The summed E-state index contributed by atoms with van der Waals surface area (Å²) in [4.78, 5) is 26.3. The Hall–Kier alpha value is -2.03. The quantitative estimate of drug-likeness (QED) is 0.845. The van der Waals surface area contributed by atoms with E-state index < -0.39 is 30.5 Å². The molecule has 1 aliphatic heterocycles. The number of hydrogen-bond donors (Lipinski definition) is 1. The van der Waals surface area contributed by atoms with Crippen molar-refractivity contribution >= 4 is 11.8 Å². The number of carbonyl (C=O) groups excluding carboxylic acids is 2. The molecule has 0 aliphatic carbocycles. The predicted octanol–water partition coefficient (Wildman–Crippen LogP) is 1.41. The molecule has 1 N–H and O–H groups in total. The minimum atomic E-state index is -4.46. The van der Waals surface area contributed by atoms with Crippen LogP contribution in [-0.4, -0.2) is 61.5 Å². The van der Waals surface area contributed by atoms with Crippen molar-refractivity contribution in [2.24, 2.45) is 5.92 Å². The van der Waals surface area contributed by atoms with E-state index in [1.165, 1.54) is 6.26 Å². The van der Waals surface area contributed by atoms with E-state index in [0.29, 0.717) is 10.7 Å². The van der Waals surface area contributed by atoms with Crippen LogP contribution in [0, 0.1) is 5.92 Å². The highest BCUT2D eigenvalue weighted by molar-refractivity contribution is 5.89. The maximum absolute atomic E-state index is 12.4. The molecule has 1 aromatic heterocycles. The number of likely N-dealkylation sites (N-methyl/N-ethyl adjacent to an activating group) is 1. The van der Waals surface area contributed by atoms with Gasteiger partial charge in [0.05, 0.1) is 18.2 Å². The number of halogens is 3. The fraction of sp³-hybridized carbons (Fsp3) is 0.600. The molecule has 1 fully saturated rings. The molecule has 2 heterocycles. The smallest absolute Gasteiger partial charge is 0.406 e. The zero-order valence-corrected chi connectivity index (χ0v) is 13.5. The second kappa shape index (κ2) is 7.25. The van der Waals surface area contributed by atoms with Crippen LogP contribution in [0.25, 0.3) is 0 Å². The van der Waals surface area contributed by atoms with Gasteiger partial charge in [-0.05, 0) is 26.2 Å². The topological polar surface area (TPSA) is 65.8 Å². The lowest BCUT2D eigenvalue weighted by Gasteiger charge is -2.23. The van der Waals surface area contributed by atoms with Crippen molar-refractivity contribution in [2.45, 2.75) is 18.6 Å². The molecule has 0 bridgehead atoms. The van der Waals surface area contributed by atoms with Gasteiger partial charge in [-0.15, -0.1) is 0 Å². The fourth-order valence-electron chi connectivity index (χ4n) is 2.68. The molecule has 6 nitrogen and oxygen atoms in total. The molecule has 24 heavy (non-hydrogen) atoms. The van der Waals surface area contributed by atoms with Gasteiger partial charge in [0, 0.05) is 19.5 Å². The Labute approximate surface area is 137 Å². The normalized spacial score (nSPS) is 19.8. The van der Waals surface area contributed by atoms with Crippen LogP contribution >= 0.6 is 0 Å². The molecule has 9 heteroatoms. The van der Waals surface area contributed by atoms with E-state index in [1.807, 2.05) is 19.0 Å². The first-order valence-corrected chi connectivity index (χ1v) is 7.49. The standard InChI is InChI=1S/C15H20F3N3O3/c1-20(2)11(12-4-3-5-24-12)7-19-14(23)10-6-13(22)21(8-10)9-15(16,17)18/h3-5,10-11H,6-9H2,1-2H3,(H,19,23)/t10-,11+/m0/s1. The minimum absolute atomic E-state index is 0.199. The summed E-state index contributed by atoms with van der Waals surface area (Å²) in [5.74, 6) is -1.17. The van der Waals surface area contributed by atoms with E-state index in [2.05, 4.69) is 5.32 Å². The molecule has 1 saturated heterocycles. The van der Waals surface area contributed by atoms with Gasteiger partial charge in [0.25, 0.3) is 0 Å². The van der Waals surface area contributed by atoms with Gasteiger partial charge in [-0.25, -0.2) is 0 Å². The third-order valence-electron chi connectivity index (χ3n) is 3.92. The monoisotopic (exact) mass is 347 g/mol. The van der Waals surface area contributed by atoms with Crippen LogP contribution in [0.15, 0.2) is 22.8 Å². The number of furan rings is 1. The highest BCUT2D eigenvalue weighted by atomic mass is 19.4. The summed E-state index contributed by atoms with van der Waals surface area (Å²) < 4.78 is 42.5. The summed E-state index contributed by atoms with van der Waals surface area (Å²) in [6.45, 7) is -1.29. The van der Waals surface area contributed by atoms with Gasteiger partial charge in [-0.2, -0.15) is 13.2 Å². The summed E-state index contributed by atoms with van der Waals surface area (Å²) >= 11 is 0. The van der Waals surface area contributed by atoms with Gasteiger partial charge in [0.2, 0.25) is 11.8 Å². The molecule has 1 aliphatic rings. The van der Waals surface area contributed by atoms with Crippen LogP contribution in [0.4, 0.5) is 13.2 Å². The molecular weight excluding hydrogens is 327 g/mol. The molecular formula is C15H20F3N3O3. The summed E-state index contributed by atoms with van der Waals surface area (Å²) in [5, 5.41) is 2.70. The average molecular weight is 347 g/mol. The van der Waals surface area contributed by atoms with Crippen LogP contribution in [0.3, 0.4) is 0 Å². The Morgan fingerprint density at radius 1 is 1.50 bits per heavy atom. The zero-order chi connectivity index (χ0) is 17.9. The number of amides is 2. The van der Waals surface area contributed by atoms with Crippen LogP contribution in [-0.2, 0) is 9.59 Å². The van der Waals surface area contributed by atoms with Crippen LogP contribution in [0.5, 0.6) is 0 Å². The fourth-order valence-corrected chi connectivity index (χ4v) is 2.68. The molecule has 1 aromatic rings. The van der Waals surface area contributed by atoms with Crippen molar-refractivity contribution in [2.75, 3.05) is 33.7 Å². The largest absolute Gasteiger partial charge is 0.468 e. The lowest BCUT2D eigenvalue weighted by molar-refractivity contribution is -0.157. The number of rotatable bonds is 6. The van der Waals surface area contributed by atoms with Crippen molar-refractivity contribution < 1.29 is 27.2 Å². The second-order valence-electron chi connectivity index (χ2n) is 6.03. The molecule has 134 valence electrons. The van der Waals surface area contributed by atoms with E-state index in [4.69, 9.17) is 4.42 Å². The number of nitrogens with one attached hydrogen (secondary N) is 1. The van der Waals surface area contributed by atoms with Crippen LogP contribution < -0.4 is 5.32 Å². The third kappa shape index (κ3) is 4.73. The first-order valence-electron chi connectivity index (χ1n) is 7.49. The molecule has 0 saturated carbocycles. The Kier molecular flexibility index (Phi) is 5.53. The maximum Gasteiger partial charge on any atom is 0.406 e. The van der Waals surface area contributed by atoms with E-state index in [9.17, 15) is 22.8 Å². The SMILES string of the molecule is CN(C)[C@H](CNC(=O)[C@H]1CC(=O)N(CC(F)(F)F)C1)c1ccco1. The van der Waals surface area contributed by atoms with Gasteiger partial charge >= 0.3 is 6.18 Å². The molecule has 2 rings (SSSR count). The number of likely N-dealkylation sites (tertiary alicyclic amines) is 1. The van der Waals surface area contributed by atoms with Crippen molar-refractivity contribution in [3.63, 3.8) is 0 Å². The maximum atomic E-state index is 12.4. The number of nitrogens with zero attached hydrogens (tertiary/aromatic N) is 2. The van der Waals surface area contributed by atoms with Gasteiger partial charge in [0.15, 0.2) is 0 Å². The Balaban J connectivity index is 1.90. The molecule has 0 aromatic carbocycles. The average Bonchev–Trinajstić information content (AvgIpc) is 3.08. The lowest BCUT2D eigenvalue weighted by atomic mass is 10.1. The van der Waals surface area contributed by atoms with E-state index in [-0.39, 0.29) is 25.6 Å². The Bertz CT molecular complexity index is 572. The first kappa shape index (κ1) is 18.3. The van der Waals surface area contributed by atoms with Crippen molar-refractivity contribution in [3.8, 4) is 0 Å². The van der Waals surface area contributed by atoms with E-state index in [0.717, 1.165) is 0 Å². The van der Waals surface area contributed by atoms with E-state index >= 15 is 0 Å². The highest BCUT2D eigenvalue weighted by Gasteiger charge is 2.40. The molecule has 0 spiro atoms. The van der Waals surface area contributed by atoms with Gasteiger partial charge in [-0.1, -0.05) is 0 Å². The summed E-state index contributed by atoms with van der Waals surface area (Å²) in [6.07, 6.45) is -3.13. The van der Waals surface area contributed by atoms with Crippen LogP contribution in [0.2, 0.25) is 0 Å². The lowest BCUT2D eigenvalue weighted by Crippen LogP contribution is -2.39. The summed E-state index contributed by atoms with van der Waals surface area (Å²) in [7, 11) is 3.65. The first-order chi connectivity index (χ1) is 11.2. The van der Waals surface area contributed by atoms with Gasteiger partial charge in [-0.3, -0.25) is 14.5 Å². The van der Waals surface area contributed by atoms with Crippen molar-refractivity contribution in [1.82, 2.24) is 15.1 Å². The minimum Gasteiger partial charge on any atom is -0.468 e. The number of alkyl halides is 3. The predicted molar refractivity (Wildman–Crippen MR) is 78.9 cm³/mol. The summed E-state index contributed by atoms with van der Waals surface area (Å²) in [5.41, 5.74) is 0. The van der Waals surface area contributed by atoms with Crippen molar-refractivity contribution in [3.05, 3.63) is 24.2 Å². The Morgan fingerprint density at radius 3 is 2.75 bits per heavy atom. The van der Waals surface area contributed by atoms with Gasteiger partial charge < -0.3 is 14.6 Å². The molecule has 2 amide bonds. The molecule has 0 radical (unpaired) electrons. The van der Waals surface area contributed by atoms with Crippen LogP contribution in [0.1, 0.15) is 18.2 Å². The molecule has 2 atom stereocenters. The Morgan fingerprint density at radius 2 is 2.21 bits per heavy atom. The number of hydrogen-bond acceptors (Lipinski definition) is 4. The third-order valence-corrected chi connectivity index (χ3v) is 3.92. The zero-order valence-electron chi connectivity index (χ0n) is 13.5. The highest BCUT2D eigenvalue weighted by Crippen LogP contribution is 2.24. The second-order valence-corrected chi connectivity index (χ2v) is 6.03. The molecule has 0 unspecified atom stereocenters. The van der Waals surface area contributed by atoms with Gasteiger partial charge in [0.1, 0.15) is 12.3 Å². The van der Waals surface area contributed by atoms with E-state index in [1.54, 1.807) is 12.1 Å². The number of carbonyl (C=O) groups is 2. The summed E-state index contributed by atoms with van der Waals surface area (Å²) in [6, 6.07) is 3.31. The van der Waals surface area contributed by atoms with Crippen molar-refractivity contribution in [1.29, 1.82) is 0 Å².